The average Bonchev–Trinajstić information content (AvgIpc) is 3.51. The molecule has 1 atom stereocenters. The molecule has 1 aromatic heterocycles. The number of hydrogen-bond acceptors (Lipinski definition) is 9. The van der Waals surface area contributed by atoms with E-state index in [1.807, 2.05) is 4.90 Å². The first kappa shape index (κ1) is 31.5. The Labute approximate surface area is 256 Å². The normalized spacial score (nSPS) is 16.8. The molecule has 2 aromatic carbocycles. The van der Waals surface area contributed by atoms with Crippen LogP contribution in [0.15, 0.2) is 55.4 Å². The maximum Gasteiger partial charge on any atom is 0.419 e. The number of aromatic nitrogens is 2. The number of alkyl halides is 3. The van der Waals surface area contributed by atoms with Crippen LogP contribution >= 0.6 is 0 Å². The third kappa shape index (κ3) is 6.93. The molecular weight excluding hydrogens is 598 g/mol. The fourth-order valence-electron chi connectivity index (χ4n) is 5.28. The van der Waals surface area contributed by atoms with Gasteiger partial charge in [-0.15, -0.1) is 0 Å². The lowest BCUT2D eigenvalue weighted by molar-refractivity contribution is -0.140. The molecule has 0 spiro atoms. The number of halogens is 4. The van der Waals surface area contributed by atoms with Crippen molar-refractivity contribution in [3.63, 3.8) is 0 Å². The second-order valence-corrected chi connectivity index (χ2v) is 10.3. The van der Waals surface area contributed by atoms with Crippen LogP contribution in [0.2, 0.25) is 0 Å². The highest BCUT2D eigenvalue weighted by molar-refractivity contribution is 6.02. The van der Waals surface area contributed by atoms with Gasteiger partial charge in [0.1, 0.15) is 23.7 Å². The Morgan fingerprint density at radius 3 is 2.51 bits per heavy atom. The predicted octanol–water partition coefficient (Wildman–Crippen LogP) is 5.06. The van der Waals surface area contributed by atoms with Gasteiger partial charge in [0.25, 0.3) is 0 Å². The van der Waals surface area contributed by atoms with E-state index in [0.29, 0.717) is 61.2 Å². The number of nitrogens with one attached hydrogen (secondary N) is 2. The minimum Gasteiger partial charge on any atom is -0.494 e. The summed E-state index contributed by atoms with van der Waals surface area (Å²) in [5, 5.41) is 7.35. The number of nitrogens with zero attached hydrogens (tertiary/aromatic N) is 5. The summed E-state index contributed by atoms with van der Waals surface area (Å²) in [6.45, 7) is 7.38. The summed E-state index contributed by atoms with van der Waals surface area (Å²) < 4.78 is 59.7. The third-order valence-corrected chi connectivity index (χ3v) is 7.55. The van der Waals surface area contributed by atoms with Crippen molar-refractivity contribution in [1.29, 1.82) is 0 Å². The lowest BCUT2D eigenvalue weighted by Gasteiger charge is -2.36. The van der Waals surface area contributed by atoms with Gasteiger partial charge < -0.3 is 25.2 Å². The fourth-order valence-corrected chi connectivity index (χ4v) is 5.28. The van der Waals surface area contributed by atoms with E-state index < -0.39 is 29.5 Å². The van der Waals surface area contributed by atoms with Gasteiger partial charge in [0, 0.05) is 51.7 Å². The number of ether oxygens (including phenoxy) is 1. The smallest absolute Gasteiger partial charge is 0.419 e. The SMILES string of the molecule is C=CC(=O)Nc1cc(Nc2cc(N3OCC[C@@H]3c3ccc(F)c(C(F)(F)F)c3)ncn2)c(OC)cc1N1CCN(C(C)=O)CC1. The molecular formula is C30H31F4N7O4. The monoisotopic (exact) mass is 629 g/mol. The van der Waals surface area contributed by atoms with Gasteiger partial charge in [-0.1, -0.05) is 12.6 Å². The van der Waals surface area contributed by atoms with Gasteiger partial charge in [-0.05, 0) is 29.8 Å². The highest BCUT2D eigenvalue weighted by Gasteiger charge is 2.37. The zero-order valence-corrected chi connectivity index (χ0v) is 24.5. The predicted molar refractivity (Wildman–Crippen MR) is 159 cm³/mol. The number of methoxy groups -OCH3 is 1. The van der Waals surface area contributed by atoms with Gasteiger partial charge in [-0.3, -0.25) is 14.4 Å². The summed E-state index contributed by atoms with van der Waals surface area (Å²) in [4.78, 5) is 42.2. The zero-order valence-electron chi connectivity index (χ0n) is 24.5. The zero-order chi connectivity index (χ0) is 32.3. The molecule has 0 bridgehead atoms. The lowest BCUT2D eigenvalue weighted by Crippen LogP contribution is -2.48. The van der Waals surface area contributed by atoms with E-state index in [4.69, 9.17) is 9.57 Å². The molecule has 45 heavy (non-hydrogen) atoms. The molecule has 0 saturated carbocycles. The molecule has 2 aliphatic rings. The molecule has 2 N–H and O–H groups in total. The second-order valence-electron chi connectivity index (χ2n) is 10.3. The van der Waals surface area contributed by atoms with Crippen LogP contribution in [-0.2, 0) is 20.6 Å². The van der Waals surface area contributed by atoms with Crippen molar-refractivity contribution in [2.45, 2.75) is 25.6 Å². The van der Waals surface area contributed by atoms with Crippen LogP contribution in [-0.4, -0.2) is 66.6 Å². The summed E-state index contributed by atoms with van der Waals surface area (Å²) in [6, 6.07) is 7.20. The minimum absolute atomic E-state index is 0.00874. The Morgan fingerprint density at radius 2 is 1.84 bits per heavy atom. The maximum atomic E-state index is 13.9. The van der Waals surface area contributed by atoms with Gasteiger partial charge in [0.15, 0.2) is 5.82 Å². The van der Waals surface area contributed by atoms with E-state index in [0.717, 1.165) is 18.2 Å². The van der Waals surface area contributed by atoms with Crippen LogP contribution in [0.4, 0.5) is 46.3 Å². The van der Waals surface area contributed by atoms with E-state index >= 15 is 0 Å². The molecule has 3 heterocycles. The van der Waals surface area contributed by atoms with E-state index in [2.05, 4.69) is 27.2 Å². The van der Waals surface area contributed by atoms with E-state index in [9.17, 15) is 27.2 Å². The number of benzene rings is 2. The van der Waals surface area contributed by atoms with Crippen LogP contribution in [0.1, 0.15) is 30.5 Å². The van der Waals surface area contributed by atoms with Crippen LogP contribution in [0.5, 0.6) is 5.75 Å². The third-order valence-electron chi connectivity index (χ3n) is 7.55. The molecule has 2 aliphatic heterocycles. The van der Waals surface area contributed by atoms with E-state index in [1.54, 1.807) is 23.1 Å². The minimum atomic E-state index is -4.85. The molecule has 15 heteroatoms. The number of hydroxylamine groups is 1. The average molecular weight is 630 g/mol. The Balaban J connectivity index is 1.43. The lowest BCUT2D eigenvalue weighted by atomic mass is 10.0. The summed E-state index contributed by atoms with van der Waals surface area (Å²) in [5.74, 6) is -0.806. The Bertz CT molecular complexity index is 1590. The molecule has 0 radical (unpaired) electrons. The molecule has 2 saturated heterocycles. The van der Waals surface area contributed by atoms with Gasteiger partial charge in [0.2, 0.25) is 11.8 Å². The van der Waals surface area contributed by atoms with Crippen molar-refractivity contribution in [2.75, 3.05) is 60.5 Å². The first-order valence-electron chi connectivity index (χ1n) is 14.0. The topological polar surface area (TPSA) is 112 Å². The largest absolute Gasteiger partial charge is 0.494 e. The number of carbonyl (C=O) groups is 2. The number of anilines is 5. The van der Waals surface area contributed by atoms with Gasteiger partial charge >= 0.3 is 6.18 Å². The van der Waals surface area contributed by atoms with Crippen LogP contribution < -0.4 is 25.3 Å². The van der Waals surface area contributed by atoms with Crippen molar-refractivity contribution in [3.05, 3.63) is 72.3 Å². The van der Waals surface area contributed by atoms with Gasteiger partial charge in [-0.2, -0.15) is 13.2 Å². The highest BCUT2D eigenvalue weighted by Crippen LogP contribution is 2.41. The first-order valence-corrected chi connectivity index (χ1v) is 14.0. The second kappa shape index (κ2) is 13.0. The number of hydrogen-bond donors (Lipinski definition) is 2. The quantitative estimate of drug-likeness (QED) is 0.261. The Hall–Kier alpha value is -4.92. The molecule has 2 fully saturated rings. The Kier molecular flexibility index (Phi) is 9.09. The summed E-state index contributed by atoms with van der Waals surface area (Å²) in [7, 11) is 1.49. The highest BCUT2D eigenvalue weighted by atomic mass is 19.4. The molecule has 5 rings (SSSR count). The summed E-state index contributed by atoms with van der Waals surface area (Å²) >= 11 is 0. The molecule has 3 aromatic rings. The molecule has 0 unspecified atom stereocenters. The van der Waals surface area contributed by atoms with Crippen molar-refractivity contribution in [2.24, 2.45) is 0 Å². The summed E-state index contributed by atoms with van der Waals surface area (Å²) in [5.41, 5.74) is 0.462. The van der Waals surface area contributed by atoms with Crippen molar-refractivity contribution >= 4 is 40.5 Å². The van der Waals surface area contributed by atoms with Crippen molar-refractivity contribution in [1.82, 2.24) is 14.9 Å². The Morgan fingerprint density at radius 1 is 1.09 bits per heavy atom. The molecule has 2 amide bonds. The summed E-state index contributed by atoms with van der Waals surface area (Å²) in [6.07, 6.45) is -2.09. The number of rotatable bonds is 8. The van der Waals surface area contributed by atoms with Crippen LogP contribution in [0.3, 0.4) is 0 Å². The standard InChI is InChI=1S/C30H31F4N7O4/c1-4-29(43)38-22-14-23(26(44-3)15-25(22)40-10-8-39(9-11-40)18(2)42)37-27-16-28(36-17-35-27)41-24(7-12-45-41)19-5-6-21(31)20(13-19)30(32,33)34/h4-6,13-17,24H,1,7-12H2,2-3H3,(H,38,43)(H,35,36,37)/t24-/m1/s1. The van der Waals surface area contributed by atoms with Gasteiger partial charge in [0.05, 0.1) is 42.4 Å². The molecule has 238 valence electrons. The van der Waals surface area contributed by atoms with Crippen LogP contribution in [0, 0.1) is 5.82 Å². The maximum absolute atomic E-state index is 13.9. The van der Waals surface area contributed by atoms with Gasteiger partial charge in [-0.25, -0.2) is 19.4 Å². The molecule has 11 nitrogen and oxygen atoms in total. The number of amides is 2. The fraction of sp³-hybridized carbons (Fsp3) is 0.333. The molecule has 0 aliphatic carbocycles. The number of piperazine rings is 1. The van der Waals surface area contributed by atoms with Crippen molar-refractivity contribution < 1.29 is 36.7 Å². The van der Waals surface area contributed by atoms with E-state index in [1.165, 1.54) is 31.5 Å². The van der Waals surface area contributed by atoms with Crippen LogP contribution in [0.25, 0.3) is 0 Å². The van der Waals surface area contributed by atoms with Crippen molar-refractivity contribution in [3.8, 4) is 5.75 Å². The number of carbonyl (C=O) groups excluding carboxylic acids is 2. The first-order chi connectivity index (χ1) is 21.5. The van der Waals surface area contributed by atoms with E-state index in [-0.39, 0.29) is 23.9 Å².